The maximum absolute atomic E-state index is 13.8. The number of tetrazole rings is 2. The van der Waals surface area contributed by atoms with E-state index in [-0.39, 0.29) is 47.9 Å². The summed E-state index contributed by atoms with van der Waals surface area (Å²) in [5, 5.41) is 26.1. The first-order valence-electron chi connectivity index (χ1n) is 15.8. The lowest BCUT2D eigenvalue weighted by Crippen LogP contribution is -2.38. The third-order valence-corrected chi connectivity index (χ3v) is 9.35. The molecule has 0 radical (unpaired) electrons. The maximum atomic E-state index is 13.8. The first kappa shape index (κ1) is 33.6. The van der Waals surface area contributed by atoms with Gasteiger partial charge in [-0.05, 0) is 115 Å². The molecular weight excluding hydrogens is 642 g/mol. The van der Waals surface area contributed by atoms with Gasteiger partial charge < -0.3 is 10.2 Å². The molecule has 1 fully saturated rings. The Morgan fingerprint density at radius 3 is 2.19 bits per heavy atom. The molecule has 0 bridgehead atoms. The van der Waals surface area contributed by atoms with Gasteiger partial charge >= 0.3 is 18.0 Å². The van der Waals surface area contributed by atoms with E-state index in [2.05, 4.69) is 42.3 Å². The van der Waals surface area contributed by atoms with Crippen molar-refractivity contribution in [3.8, 4) is 0 Å². The molecule has 0 spiro atoms. The minimum Gasteiger partial charge on any atom is -0.327 e. The number of aromatic amines is 1. The second-order valence-electron chi connectivity index (χ2n) is 12.8. The van der Waals surface area contributed by atoms with Gasteiger partial charge in [0.2, 0.25) is 0 Å². The van der Waals surface area contributed by atoms with Crippen molar-refractivity contribution in [1.29, 1.82) is 0 Å². The molecule has 1 saturated carbocycles. The van der Waals surface area contributed by atoms with Gasteiger partial charge in [-0.1, -0.05) is 22.8 Å². The molecule has 2 aromatic carbocycles. The molecule has 0 saturated heterocycles. The van der Waals surface area contributed by atoms with Crippen LogP contribution in [0.25, 0.3) is 0 Å². The standard InChI is InChI=1S/C31H36F6N10O/c1-17-11-18(2)27-24(12-17)26(6-4-5-25(27)38-22-7-9-23(10-8-22)47-29(48)40-42-44-47)46(28-39-43-45(3)41-28)16-19-13-20(30(32,33)34)15-21(14-19)31(35,36)37/h11-15,22-23,25-26,38H,4-10,16H2,1-3H3,(H,40,44,48)/t22-,23-,25?,26-/m0/s1. The van der Waals surface area contributed by atoms with E-state index < -0.39 is 29.5 Å². The Hall–Kier alpha value is -4.28. The molecule has 2 heterocycles. The molecule has 11 nitrogen and oxygen atoms in total. The number of alkyl halides is 6. The largest absolute Gasteiger partial charge is 0.416 e. The summed E-state index contributed by atoms with van der Waals surface area (Å²) in [5.74, 6) is 0.103. The van der Waals surface area contributed by atoms with E-state index in [0.717, 1.165) is 66.5 Å². The molecule has 1 unspecified atom stereocenters. The average molecular weight is 679 g/mol. The number of anilines is 1. The van der Waals surface area contributed by atoms with E-state index in [4.69, 9.17) is 0 Å². The van der Waals surface area contributed by atoms with Crippen molar-refractivity contribution in [3.63, 3.8) is 0 Å². The number of hydrogen-bond donors (Lipinski definition) is 2. The van der Waals surface area contributed by atoms with Crippen molar-refractivity contribution < 1.29 is 26.3 Å². The number of aryl methyl sites for hydroxylation is 3. The molecule has 2 aliphatic carbocycles. The summed E-state index contributed by atoms with van der Waals surface area (Å²) in [4.78, 5) is 14.9. The number of nitrogens with zero attached hydrogens (tertiary/aromatic N) is 8. The summed E-state index contributed by atoms with van der Waals surface area (Å²) in [7, 11) is 1.55. The van der Waals surface area contributed by atoms with Gasteiger partial charge in [0, 0.05) is 18.6 Å². The van der Waals surface area contributed by atoms with Crippen LogP contribution in [0.15, 0.2) is 35.1 Å². The Morgan fingerprint density at radius 2 is 1.60 bits per heavy atom. The molecule has 2 atom stereocenters. The molecule has 0 amide bonds. The van der Waals surface area contributed by atoms with Crippen LogP contribution in [0.1, 0.15) is 102 Å². The number of aromatic nitrogens is 8. The third kappa shape index (κ3) is 7.10. The van der Waals surface area contributed by atoms with Crippen LogP contribution in [-0.4, -0.2) is 46.5 Å². The number of fused-ring (bicyclic) bond motifs is 1. The minimum absolute atomic E-state index is 0.0359. The Balaban J connectivity index is 1.34. The number of hydrogen-bond acceptors (Lipinski definition) is 8. The van der Waals surface area contributed by atoms with Crippen molar-refractivity contribution in [2.45, 2.75) is 102 Å². The van der Waals surface area contributed by atoms with Crippen LogP contribution < -0.4 is 15.9 Å². The highest BCUT2D eigenvalue weighted by atomic mass is 19.4. The van der Waals surface area contributed by atoms with Crippen molar-refractivity contribution in [2.24, 2.45) is 7.05 Å². The summed E-state index contributed by atoms with van der Waals surface area (Å²) in [6.45, 7) is 3.67. The van der Waals surface area contributed by atoms with Gasteiger partial charge in [0.15, 0.2) is 0 Å². The van der Waals surface area contributed by atoms with E-state index >= 15 is 0 Å². The lowest BCUT2D eigenvalue weighted by Gasteiger charge is -2.34. The van der Waals surface area contributed by atoms with Crippen molar-refractivity contribution in [3.05, 3.63) is 79.8 Å². The fourth-order valence-electron chi connectivity index (χ4n) is 7.30. The van der Waals surface area contributed by atoms with Crippen LogP contribution in [0.4, 0.5) is 32.3 Å². The minimum atomic E-state index is -4.97. The van der Waals surface area contributed by atoms with Gasteiger partial charge in [0.05, 0.1) is 30.3 Å². The third-order valence-electron chi connectivity index (χ3n) is 9.35. The summed E-state index contributed by atoms with van der Waals surface area (Å²) < 4.78 is 84.1. The Labute approximate surface area is 271 Å². The summed E-state index contributed by atoms with van der Waals surface area (Å²) in [5.41, 5.74) is 0.719. The maximum Gasteiger partial charge on any atom is 0.416 e. The quantitative estimate of drug-likeness (QED) is 0.183. The van der Waals surface area contributed by atoms with Crippen molar-refractivity contribution in [1.82, 2.24) is 45.7 Å². The van der Waals surface area contributed by atoms with E-state index in [0.29, 0.717) is 12.8 Å². The van der Waals surface area contributed by atoms with Crippen LogP contribution in [-0.2, 0) is 25.9 Å². The monoisotopic (exact) mass is 678 g/mol. The van der Waals surface area contributed by atoms with E-state index in [1.807, 2.05) is 19.9 Å². The van der Waals surface area contributed by atoms with Gasteiger partial charge in [-0.2, -0.15) is 35.8 Å². The second-order valence-corrected chi connectivity index (χ2v) is 12.8. The normalized spacial score (nSPS) is 21.9. The Kier molecular flexibility index (Phi) is 9.08. The number of halogens is 6. The molecule has 4 aromatic rings. The lowest BCUT2D eigenvalue weighted by atomic mass is 9.87. The van der Waals surface area contributed by atoms with Gasteiger partial charge in [-0.25, -0.2) is 9.89 Å². The van der Waals surface area contributed by atoms with Crippen LogP contribution in [0, 0.1) is 13.8 Å². The molecule has 6 rings (SSSR count). The molecule has 17 heteroatoms. The second kappa shape index (κ2) is 13.0. The lowest BCUT2D eigenvalue weighted by molar-refractivity contribution is -0.143. The van der Waals surface area contributed by atoms with Crippen LogP contribution in [0.3, 0.4) is 0 Å². The zero-order chi connectivity index (χ0) is 34.4. The average Bonchev–Trinajstić information content (AvgIpc) is 3.60. The summed E-state index contributed by atoms with van der Waals surface area (Å²) >= 11 is 0. The fraction of sp³-hybridized carbons (Fsp3) is 0.548. The highest BCUT2D eigenvalue weighted by molar-refractivity contribution is 5.48. The van der Waals surface area contributed by atoms with Gasteiger partial charge in [-0.15, -0.1) is 5.10 Å². The number of H-pyrrole nitrogens is 1. The molecule has 2 aliphatic rings. The highest BCUT2D eigenvalue weighted by Crippen LogP contribution is 2.43. The zero-order valence-electron chi connectivity index (χ0n) is 26.6. The van der Waals surface area contributed by atoms with Crippen LogP contribution in [0.2, 0.25) is 0 Å². The fourth-order valence-corrected chi connectivity index (χ4v) is 7.30. The van der Waals surface area contributed by atoms with Crippen LogP contribution >= 0.6 is 0 Å². The van der Waals surface area contributed by atoms with Crippen LogP contribution in [0.5, 0.6) is 0 Å². The van der Waals surface area contributed by atoms with E-state index in [1.54, 1.807) is 11.9 Å². The molecule has 48 heavy (non-hydrogen) atoms. The Morgan fingerprint density at radius 1 is 0.917 bits per heavy atom. The van der Waals surface area contributed by atoms with Gasteiger partial charge in [0.25, 0.3) is 5.95 Å². The molecule has 2 aromatic heterocycles. The first-order valence-corrected chi connectivity index (χ1v) is 15.8. The summed E-state index contributed by atoms with van der Waals surface area (Å²) in [6.07, 6.45) is -4.78. The zero-order valence-corrected chi connectivity index (χ0v) is 26.6. The van der Waals surface area contributed by atoms with E-state index in [1.165, 1.54) is 9.48 Å². The van der Waals surface area contributed by atoms with Crippen molar-refractivity contribution in [2.75, 3.05) is 4.90 Å². The molecular formula is C31H36F6N10O. The molecule has 0 aliphatic heterocycles. The topological polar surface area (TPSA) is 122 Å². The Bertz CT molecular complexity index is 1770. The number of benzene rings is 2. The molecule has 2 N–H and O–H groups in total. The number of rotatable bonds is 7. The van der Waals surface area contributed by atoms with Gasteiger partial charge in [-0.3, -0.25) is 0 Å². The first-order chi connectivity index (χ1) is 22.7. The SMILES string of the molecule is Cc1cc(C)c2c(c1)[C@@H](N(Cc1cc(C(F)(F)F)cc(C(F)(F)F)c1)c1nnn(C)n1)CCCC2N[C@H]1CC[C@H](n2nn[nH]c2=O)CC1. The predicted molar refractivity (Wildman–Crippen MR) is 162 cm³/mol. The van der Waals surface area contributed by atoms with Crippen molar-refractivity contribution >= 4 is 5.95 Å². The summed E-state index contributed by atoms with van der Waals surface area (Å²) in [6, 6.07) is 5.38. The van der Waals surface area contributed by atoms with E-state index in [9.17, 15) is 31.1 Å². The molecule has 258 valence electrons. The predicted octanol–water partition coefficient (Wildman–Crippen LogP) is 5.89. The smallest absolute Gasteiger partial charge is 0.327 e. The van der Waals surface area contributed by atoms with Gasteiger partial charge in [0.1, 0.15) is 0 Å². The highest BCUT2D eigenvalue weighted by Gasteiger charge is 2.38. The number of nitrogens with one attached hydrogen (secondary N) is 2.